The van der Waals surface area contributed by atoms with Gasteiger partial charge >= 0.3 is 0 Å². The van der Waals surface area contributed by atoms with Crippen LogP contribution in [0.25, 0.3) is 0 Å². The Labute approximate surface area is 138 Å². The van der Waals surface area contributed by atoms with Gasteiger partial charge in [-0.25, -0.2) is 0 Å². The van der Waals surface area contributed by atoms with Crippen molar-refractivity contribution < 1.29 is 4.92 Å². The van der Waals surface area contributed by atoms with E-state index in [1.807, 2.05) is 11.8 Å². The SMILES string of the molecule is CSC1(CNc2cc(Cl)c(Cl)cc2[N+](=O)[O-])CCCCC1. The van der Waals surface area contributed by atoms with Crippen molar-refractivity contribution in [2.24, 2.45) is 0 Å². The number of hydrogen-bond donors (Lipinski definition) is 1. The lowest BCUT2D eigenvalue weighted by Gasteiger charge is -2.36. The van der Waals surface area contributed by atoms with Crippen LogP contribution in [0, 0.1) is 10.1 Å². The monoisotopic (exact) mass is 348 g/mol. The van der Waals surface area contributed by atoms with Crippen molar-refractivity contribution in [3.8, 4) is 0 Å². The van der Waals surface area contributed by atoms with Crippen LogP contribution in [0.4, 0.5) is 11.4 Å². The summed E-state index contributed by atoms with van der Waals surface area (Å²) in [4.78, 5) is 10.7. The van der Waals surface area contributed by atoms with Crippen LogP contribution in [0.5, 0.6) is 0 Å². The molecule has 0 heterocycles. The third kappa shape index (κ3) is 3.96. The zero-order valence-corrected chi connectivity index (χ0v) is 14.2. The topological polar surface area (TPSA) is 55.2 Å². The minimum atomic E-state index is -0.433. The van der Waals surface area contributed by atoms with Gasteiger partial charge in [0.15, 0.2) is 0 Å². The van der Waals surface area contributed by atoms with Crippen molar-refractivity contribution >= 4 is 46.3 Å². The van der Waals surface area contributed by atoms with Crippen LogP contribution in [-0.4, -0.2) is 22.5 Å². The molecule has 1 N–H and O–H groups in total. The predicted molar refractivity (Wildman–Crippen MR) is 90.9 cm³/mol. The van der Waals surface area contributed by atoms with E-state index in [-0.39, 0.29) is 15.5 Å². The van der Waals surface area contributed by atoms with Gasteiger partial charge in [0.2, 0.25) is 0 Å². The molecule has 0 radical (unpaired) electrons. The first-order valence-corrected chi connectivity index (χ1v) is 8.88. The highest BCUT2D eigenvalue weighted by atomic mass is 35.5. The Morgan fingerprint density at radius 1 is 1.29 bits per heavy atom. The fraction of sp³-hybridized carbons (Fsp3) is 0.571. The molecule has 1 fully saturated rings. The van der Waals surface area contributed by atoms with Gasteiger partial charge in [0.05, 0.1) is 15.0 Å². The van der Waals surface area contributed by atoms with E-state index < -0.39 is 4.92 Å². The average molecular weight is 349 g/mol. The molecule has 1 saturated carbocycles. The molecule has 2 rings (SSSR count). The van der Waals surface area contributed by atoms with E-state index in [0.717, 1.165) is 12.8 Å². The second-order valence-electron chi connectivity index (χ2n) is 5.34. The van der Waals surface area contributed by atoms with Crippen LogP contribution in [0.15, 0.2) is 12.1 Å². The molecule has 21 heavy (non-hydrogen) atoms. The molecule has 116 valence electrons. The number of rotatable bonds is 5. The second-order valence-corrected chi connectivity index (χ2v) is 7.43. The van der Waals surface area contributed by atoms with Crippen LogP contribution < -0.4 is 5.32 Å². The van der Waals surface area contributed by atoms with Crippen molar-refractivity contribution in [1.82, 2.24) is 0 Å². The van der Waals surface area contributed by atoms with Gasteiger partial charge in [0.25, 0.3) is 5.69 Å². The molecule has 0 aromatic heterocycles. The van der Waals surface area contributed by atoms with Crippen molar-refractivity contribution in [2.75, 3.05) is 18.1 Å². The quantitative estimate of drug-likeness (QED) is 0.573. The lowest BCUT2D eigenvalue weighted by atomic mass is 9.88. The molecule has 1 aromatic carbocycles. The maximum absolute atomic E-state index is 11.1. The van der Waals surface area contributed by atoms with Gasteiger partial charge in [-0.15, -0.1) is 0 Å². The summed E-state index contributed by atoms with van der Waals surface area (Å²) < 4.78 is 0.151. The van der Waals surface area contributed by atoms with E-state index in [2.05, 4.69) is 11.6 Å². The third-order valence-corrected chi connectivity index (χ3v) is 6.17. The summed E-state index contributed by atoms with van der Waals surface area (Å²) >= 11 is 13.7. The Bertz CT molecular complexity index is 534. The molecule has 7 heteroatoms. The summed E-state index contributed by atoms with van der Waals surface area (Å²) in [6.07, 6.45) is 8.08. The van der Waals surface area contributed by atoms with E-state index in [9.17, 15) is 10.1 Å². The van der Waals surface area contributed by atoms with Gasteiger partial charge in [-0.05, 0) is 25.2 Å². The molecule has 0 aliphatic heterocycles. The molecule has 1 aliphatic carbocycles. The van der Waals surface area contributed by atoms with Gasteiger partial charge in [-0.1, -0.05) is 42.5 Å². The first-order chi connectivity index (χ1) is 9.97. The van der Waals surface area contributed by atoms with E-state index in [4.69, 9.17) is 23.2 Å². The molecule has 0 bridgehead atoms. The Kier molecular flexibility index (Phi) is 5.63. The number of thioether (sulfide) groups is 1. The Morgan fingerprint density at radius 2 is 1.90 bits per heavy atom. The van der Waals surface area contributed by atoms with Crippen molar-refractivity contribution in [3.63, 3.8) is 0 Å². The van der Waals surface area contributed by atoms with Gasteiger partial charge in [0.1, 0.15) is 5.69 Å². The van der Waals surface area contributed by atoms with Crippen molar-refractivity contribution in [2.45, 2.75) is 36.9 Å². The zero-order chi connectivity index (χ0) is 15.5. The number of anilines is 1. The average Bonchev–Trinajstić information content (AvgIpc) is 2.48. The molecule has 0 spiro atoms. The van der Waals surface area contributed by atoms with Crippen LogP contribution in [0.1, 0.15) is 32.1 Å². The first kappa shape index (κ1) is 16.7. The number of nitrogens with zero attached hydrogens (tertiary/aromatic N) is 1. The third-order valence-electron chi connectivity index (χ3n) is 4.03. The van der Waals surface area contributed by atoms with E-state index in [1.54, 1.807) is 6.07 Å². The number of nitrogens with one attached hydrogen (secondary N) is 1. The predicted octanol–water partition coefficient (Wildman–Crippen LogP) is 5.38. The molecule has 0 atom stereocenters. The molecule has 4 nitrogen and oxygen atoms in total. The summed E-state index contributed by atoms with van der Waals surface area (Å²) in [7, 11) is 0. The first-order valence-electron chi connectivity index (χ1n) is 6.90. The highest BCUT2D eigenvalue weighted by Gasteiger charge is 2.31. The smallest absolute Gasteiger partial charge is 0.293 e. The lowest BCUT2D eigenvalue weighted by Crippen LogP contribution is -2.35. The maximum Gasteiger partial charge on any atom is 0.293 e. The van der Waals surface area contributed by atoms with Crippen molar-refractivity contribution in [3.05, 3.63) is 32.3 Å². The summed E-state index contributed by atoms with van der Waals surface area (Å²) in [5, 5.41) is 14.9. The number of hydrogen-bond acceptors (Lipinski definition) is 4. The molecule has 0 unspecified atom stereocenters. The molecular formula is C14H18Cl2N2O2S. The Morgan fingerprint density at radius 3 is 2.48 bits per heavy atom. The molecule has 0 saturated heterocycles. The highest BCUT2D eigenvalue weighted by Crippen LogP contribution is 2.40. The summed E-state index contributed by atoms with van der Waals surface area (Å²) in [6.45, 7) is 0.701. The highest BCUT2D eigenvalue weighted by molar-refractivity contribution is 8.00. The number of benzene rings is 1. The summed E-state index contributed by atoms with van der Waals surface area (Å²) in [5.41, 5.74) is 0.407. The van der Waals surface area contributed by atoms with E-state index in [1.165, 1.54) is 25.3 Å². The number of nitro benzene ring substituents is 1. The van der Waals surface area contributed by atoms with E-state index >= 15 is 0 Å². The molecule has 1 aliphatic rings. The Hall–Kier alpha value is -0.650. The van der Waals surface area contributed by atoms with Crippen LogP contribution in [0.3, 0.4) is 0 Å². The van der Waals surface area contributed by atoms with Crippen LogP contribution in [0.2, 0.25) is 10.0 Å². The van der Waals surface area contributed by atoms with Crippen LogP contribution in [-0.2, 0) is 0 Å². The summed E-state index contributed by atoms with van der Waals surface area (Å²) in [6, 6.07) is 2.84. The van der Waals surface area contributed by atoms with Crippen molar-refractivity contribution in [1.29, 1.82) is 0 Å². The van der Waals surface area contributed by atoms with E-state index in [0.29, 0.717) is 17.3 Å². The van der Waals surface area contributed by atoms with Gasteiger partial charge in [-0.2, -0.15) is 11.8 Å². The Balaban J connectivity index is 2.18. The lowest BCUT2D eigenvalue weighted by molar-refractivity contribution is -0.383. The summed E-state index contributed by atoms with van der Waals surface area (Å²) in [5.74, 6) is 0. The number of halogens is 2. The molecular weight excluding hydrogens is 331 g/mol. The fourth-order valence-corrected chi connectivity index (χ4v) is 3.97. The number of nitro groups is 1. The molecule has 0 amide bonds. The minimum Gasteiger partial charge on any atom is -0.378 e. The fourth-order valence-electron chi connectivity index (χ4n) is 2.73. The zero-order valence-electron chi connectivity index (χ0n) is 11.8. The van der Waals surface area contributed by atoms with Gasteiger partial charge in [0, 0.05) is 17.4 Å². The van der Waals surface area contributed by atoms with Gasteiger partial charge in [-0.3, -0.25) is 10.1 Å². The largest absolute Gasteiger partial charge is 0.378 e. The minimum absolute atomic E-state index is 0.0311. The standard InChI is InChI=1S/C14H18Cl2N2O2S/c1-21-14(5-3-2-4-6-14)9-17-12-7-10(15)11(16)8-13(12)18(19)20/h7-8,17H,2-6,9H2,1H3. The van der Waals surface area contributed by atoms with Gasteiger partial charge < -0.3 is 5.32 Å². The second kappa shape index (κ2) is 7.07. The maximum atomic E-state index is 11.1. The van der Waals surface area contributed by atoms with Crippen LogP contribution >= 0.6 is 35.0 Å². The molecule has 1 aromatic rings. The normalized spacial score (nSPS) is 17.5.